The van der Waals surface area contributed by atoms with Crippen molar-refractivity contribution in [2.24, 2.45) is 10.1 Å². The number of rotatable bonds is 7. The van der Waals surface area contributed by atoms with Crippen molar-refractivity contribution >= 4 is 35.5 Å². The van der Waals surface area contributed by atoms with Gasteiger partial charge in [-0.05, 0) is 76.0 Å². The van der Waals surface area contributed by atoms with Crippen LogP contribution in [0.4, 0.5) is 0 Å². The first-order valence-corrected chi connectivity index (χ1v) is 20.0. The molecule has 0 aliphatic heterocycles. The van der Waals surface area contributed by atoms with Crippen LogP contribution in [-0.2, 0) is 0 Å². The molecule has 2 aromatic heterocycles. The Hall–Kier alpha value is -7.25. The Balaban J connectivity index is 1.02. The molecule has 0 spiro atoms. The molecule has 59 heavy (non-hydrogen) atoms. The summed E-state index contributed by atoms with van der Waals surface area (Å²) in [5.41, 5.74) is 23.8. The van der Waals surface area contributed by atoms with E-state index in [1.807, 2.05) is 36.4 Å². The van der Waals surface area contributed by atoms with Crippen LogP contribution in [0.5, 0.6) is 0 Å². The van der Waals surface area contributed by atoms with Gasteiger partial charge >= 0.3 is 0 Å². The first kappa shape index (κ1) is 36.1. The Labute approximate surface area is 348 Å². The highest BCUT2D eigenvalue weighted by Gasteiger charge is 2.25. The zero-order chi connectivity index (χ0) is 39.7. The molecule has 1 unspecified atom stereocenters. The smallest absolute Gasteiger partial charge is 0.160 e. The number of aromatic nitrogens is 3. The molecule has 7 aromatic carbocycles. The Morgan fingerprint density at radius 3 is 1.56 bits per heavy atom. The standard InChI is InChI=1S/C53H37N5S/c54-51-47(58-59)31-30-45-50(51)44-16-7-8-17-46(44)55-52(45)40-26-20-38(21-27-40)42-14-9-15-43(32-42)49-33-48(39-24-18-36(19-25-39)34-10-3-1-4-11-34)56-53(57-49)41-28-22-37(23-29-41)35-12-5-2-6-13-35/h1-33,51,59H,54H2. The molecule has 0 amide bonds. The van der Waals surface area contributed by atoms with E-state index in [1.54, 1.807) is 0 Å². The van der Waals surface area contributed by atoms with E-state index < -0.39 is 6.04 Å². The average molecular weight is 776 g/mol. The molecule has 0 saturated heterocycles. The van der Waals surface area contributed by atoms with E-state index in [-0.39, 0.29) is 0 Å². The van der Waals surface area contributed by atoms with Crippen LogP contribution < -0.4 is 5.73 Å². The molecule has 9 aromatic rings. The Bertz CT molecular complexity index is 2930. The molecule has 1 atom stereocenters. The molecule has 1 aliphatic rings. The predicted molar refractivity (Wildman–Crippen MR) is 248 cm³/mol. The van der Waals surface area contributed by atoms with Gasteiger partial charge in [0.25, 0.3) is 0 Å². The van der Waals surface area contributed by atoms with Crippen molar-refractivity contribution < 1.29 is 0 Å². The van der Waals surface area contributed by atoms with Gasteiger partial charge < -0.3 is 5.73 Å². The lowest BCUT2D eigenvalue weighted by molar-refractivity contribution is 0.968. The minimum absolute atomic E-state index is 0.397. The van der Waals surface area contributed by atoms with E-state index in [4.69, 9.17) is 20.7 Å². The summed E-state index contributed by atoms with van der Waals surface area (Å²) in [4.78, 5) is 15.5. The molecule has 1 aliphatic carbocycles. The first-order valence-electron chi connectivity index (χ1n) is 19.6. The van der Waals surface area contributed by atoms with Crippen LogP contribution in [0.1, 0.15) is 17.2 Å². The molecular formula is C53H37N5S. The summed E-state index contributed by atoms with van der Waals surface area (Å²) >= 11 is 4.19. The summed E-state index contributed by atoms with van der Waals surface area (Å²) in [6.07, 6.45) is 3.99. The third kappa shape index (κ3) is 7.06. The van der Waals surface area contributed by atoms with Crippen LogP contribution in [0.15, 0.2) is 199 Å². The summed E-state index contributed by atoms with van der Waals surface area (Å²) in [6, 6.07) is 64.9. The summed E-state index contributed by atoms with van der Waals surface area (Å²) in [5.74, 6) is 0.673. The molecule has 0 saturated carbocycles. The maximum atomic E-state index is 6.75. The highest BCUT2D eigenvalue weighted by molar-refractivity contribution is 7.79. The van der Waals surface area contributed by atoms with Crippen molar-refractivity contribution in [2.75, 3.05) is 0 Å². The maximum Gasteiger partial charge on any atom is 0.160 e. The lowest BCUT2D eigenvalue weighted by Crippen LogP contribution is -2.24. The first-order chi connectivity index (χ1) is 29.1. The summed E-state index contributed by atoms with van der Waals surface area (Å²) < 4.78 is 4.15. The number of nitrogens with zero attached hydrogens (tertiary/aromatic N) is 4. The number of benzene rings is 7. The summed E-state index contributed by atoms with van der Waals surface area (Å²) in [6.45, 7) is 0. The number of para-hydroxylation sites is 1. The normalized spacial score (nSPS) is 14.1. The van der Waals surface area contributed by atoms with Crippen molar-refractivity contribution in [3.05, 3.63) is 205 Å². The molecule has 2 heterocycles. The monoisotopic (exact) mass is 775 g/mol. The van der Waals surface area contributed by atoms with Crippen LogP contribution in [-0.4, -0.2) is 20.7 Å². The Morgan fingerprint density at radius 2 is 0.915 bits per heavy atom. The topological polar surface area (TPSA) is 77.0 Å². The van der Waals surface area contributed by atoms with Crippen molar-refractivity contribution in [2.45, 2.75) is 6.04 Å². The number of pyridine rings is 1. The minimum atomic E-state index is -0.397. The van der Waals surface area contributed by atoms with Crippen molar-refractivity contribution in [1.82, 2.24) is 15.0 Å². The van der Waals surface area contributed by atoms with Gasteiger partial charge in [-0.2, -0.15) is 0 Å². The molecule has 5 nitrogen and oxygen atoms in total. The molecule has 0 fully saturated rings. The van der Waals surface area contributed by atoms with Crippen LogP contribution in [0.2, 0.25) is 0 Å². The van der Waals surface area contributed by atoms with Crippen molar-refractivity contribution in [3.8, 4) is 78.5 Å². The lowest BCUT2D eigenvalue weighted by Gasteiger charge is -2.23. The third-order valence-electron chi connectivity index (χ3n) is 11.1. The van der Waals surface area contributed by atoms with Crippen LogP contribution in [0, 0.1) is 0 Å². The van der Waals surface area contributed by atoms with Gasteiger partial charge in [-0.3, -0.25) is 0 Å². The number of nitrogens with two attached hydrogens (primary N) is 1. The van der Waals surface area contributed by atoms with Gasteiger partial charge in [0.1, 0.15) is 0 Å². The van der Waals surface area contributed by atoms with Crippen molar-refractivity contribution in [1.29, 1.82) is 0 Å². The van der Waals surface area contributed by atoms with Crippen LogP contribution in [0.3, 0.4) is 0 Å². The fraction of sp³-hybridized carbons (Fsp3) is 0.0189. The molecule has 6 heteroatoms. The van der Waals surface area contributed by atoms with E-state index in [9.17, 15) is 0 Å². The van der Waals surface area contributed by atoms with E-state index in [0.717, 1.165) is 89.3 Å². The highest BCUT2D eigenvalue weighted by Crippen LogP contribution is 2.39. The maximum absolute atomic E-state index is 6.75. The van der Waals surface area contributed by atoms with Gasteiger partial charge in [-0.15, -0.1) is 0 Å². The number of thiol groups is 1. The van der Waals surface area contributed by atoms with Crippen LogP contribution in [0.25, 0.3) is 95.5 Å². The second-order valence-electron chi connectivity index (χ2n) is 14.6. The van der Waals surface area contributed by atoms with Gasteiger partial charge in [0.05, 0.1) is 34.4 Å². The minimum Gasteiger partial charge on any atom is -0.319 e. The zero-order valence-electron chi connectivity index (χ0n) is 31.9. The molecule has 0 bridgehead atoms. The highest BCUT2D eigenvalue weighted by atomic mass is 32.1. The largest absolute Gasteiger partial charge is 0.319 e. The number of hydrogen-bond acceptors (Lipinski definition) is 6. The van der Waals surface area contributed by atoms with Crippen LogP contribution >= 0.6 is 12.8 Å². The van der Waals surface area contributed by atoms with Gasteiger partial charge in [0.2, 0.25) is 0 Å². The van der Waals surface area contributed by atoms with E-state index in [1.165, 1.54) is 11.1 Å². The SMILES string of the molecule is NC1C(=NS)C=Cc2c(-c3ccc(-c4cccc(-c5cc(-c6ccc(-c7ccccc7)cc6)nc(-c6ccc(-c7ccccc7)cc6)n5)c4)cc3)nc3ccccc3c21. The second-order valence-corrected chi connectivity index (χ2v) is 14.8. The molecule has 280 valence electrons. The quantitative estimate of drug-likeness (QED) is 0.158. The van der Waals surface area contributed by atoms with E-state index in [2.05, 4.69) is 181 Å². The lowest BCUT2D eigenvalue weighted by atomic mass is 9.86. The average Bonchev–Trinajstić information content (AvgIpc) is 3.32. The molecular weight excluding hydrogens is 739 g/mol. The molecule has 10 rings (SSSR count). The Morgan fingerprint density at radius 1 is 0.424 bits per heavy atom. The fourth-order valence-electron chi connectivity index (χ4n) is 7.95. The molecule has 0 radical (unpaired) electrons. The van der Waals surface area contributed by atoms with Gasteiger partial charge in [0, 0.05) is 33.2 Å². The van der Waals surface area contributed by atoms with Gasteiger partial charge in [0.15, 0.2) is 5.82 Å². The fourth-order valence-corrected chi connectivity index (χ4v) is 8.14. The summed E-state index contributed by atoms with van der Waals surface area (Å²) in [7, 11) is 0. The summed E-state index contributed by atoms with van der Waals surface area (Å²) in [5, 5.41) is 1.02. The van der Waals surface area contributed by atoms with E-state index >= 15 is 0 Å². The van der Waals surface area contributed by atoms with Gasteiger partial charge in [-0.1, -0.05) is 176 Å². The number of hydrogen-bond donors (Lipinski definition) is 2. The number of fused-ring (bicyclic) bond motifs is 3. The van der Waals surface area contributed by atoms with E-state index in [0.29, 0.717) is 5.82 Å². The second kappa shape index (κ2) is 15.6. The predicted octanol–water partition coefficient (Wildman–Crippen LogP) is 13.0. The Kier molecular flexibility index (Phi) is 9.55. The van der Waals surface area contributed by atoms with Gasteiger partial charge in [-0.25, -0.2) is 19.3 Å². The third-order valence-corrected chi connectivity index (χ3v) is 11.3. The van der Waals surface area contributed by atoms with Crippen molar-refractivity contribution in [3.63, 3.8) is 0 Å². The molecule has 2 N–H and O–H groups in total. The zero-order valence-corrected chi connectivity index (χ0v) is 32.8.